The Morgan fingerprint density at radius 2 is 1.92 bits per heavy atom. The normalized spacial score (nSPS) is 10.7. The van der Waals surface area contributed by atoms with Crippen molar-refractivity contribution in [2.45, 2.75) is 0 Å². The van der Waals surface area contributed by atoms with Crippen LogP contribution in [0.5, 0.6) is 5.75 Å². The zero-order chi connectivity index (χ0) is 17.6. The Labute approximate surface area is 142 Å². The van der Waals surface area contributed by atoms with E-state index in [9.17, 15) is 9.59 Å². The number of aromatic nitrogens is 2. The van der Waals surface area contributed by atoms with Gasteiger partial charge in [-0.1, -0.05) is 12.1 Å². The molecule has 3 N–H and O–H groups in total. The molecule has 0 aliphatic heterocycles. The molecule has 1 aromatic heterocycles. The molecule has 0 saturated heterocycles. The van der Waals surface area contributed by atoms with Crippen LogP contribution in [0.3, 0.4) is 0 Å². The summed E-state index contributed by atoms with van der Waals surface area (Å²) in [5, 5.41) is 11.2. The number of nitrogens with one attached hydrogen (secondary N) is 3. The van der Waals surface area contributed by atoms with Gasteiger partial charge in [0.25, 0.3) is 0 Å². The van der Waals surface area contributed by atoms with Gasteiger partial charge in [-0.25, -0.2) is 4.79 Å². The third-order valence-electron chi connectivity index (χ3n) is 3.39. The van der Waals surface area contributed by atoms with Crippen LogP contribution in [0.1, 0.15) is 5.56 Å². The molecule has 0 aliphatic rings. The fourth-order valence-electron chi connectivity index (χ4n) is 2.26. The fraction of sp³-hybridized carbons (Fsp3) is 0.0556. The van der Waals surface area contributed by atoms with Crippen molar-refractivity contribution in [2.75, 3.05) is 11.9 Å². The first-order chi connectivity index (χ1) is 12.1. The number of amides is 1. The number of hydrogen-bond donors (Lipinski definition) is 3. The maximum Gasteiger partial charge on any atom is 0.323 e. The molecule has 0 spiro atoms. The molecule has 25 heavy (non-hydrogen) atoms. The van der Waals surface area contributed by atoms with Gasteiger partial charge in [-0.15, -0.1) is 0 Å². The molecule has 3 rings (SSSR count). The second kappa shape index (κ2) is 7.19. The van der Waals surface area contributed by atoms with Gasteiger partial charge in [0.15, 0.2) is 6.61 Å². The van der Waals surface area contributed by atoms with Crippen LogP contribution in [0, 0.1) is 11.3 Å². The number of rotatable bonds is 5. The predicted octanol–water partition coefficient (Wildman–Crippen LogP) is 2.41. The van der Waals surface area contributed by atoms with Crippen molar-refractivity contribution in [1.29, 1.82) is 5.26 Å². The molecule has 0 atom stereocenters. The van der Waals surface area contributed by atoms with E-state index in [0.29, 0.717) is 22.5 Å². The van der Waals surface area contributed by atoms with Crippen LogP contribution in [0.15, 0.2) is 53.3 Å². The van der Waals surface area contributed by atoms with Crippen LogP contribution >= 0.6 is 0 Å². The number of carbonyl (C=O) groups is 1. The summed E-state index contributed by atoms with van der Waals surface area (Å²) in [5.41, 5.74) is 2.42. The van der Waals surface area contributed by atoms with Crippen LogP contribution in [0.4, 0.5) is 5.69 Å². The zero-order valence-corrected chi connectivity index (χ0v) is 13.1. The van der Waals surface area contributed by atoms with Gasteiger partial charge in [0.2, 0.25) is 5.91 Å². The van der Waals surface area contributed by atoms with E-state index in [-0.39, 0.29) is 18.2 Å². The van der Waals surface area contributed by atoms with E-state index < -0.39 is 0 Å². The molecule has 3 aromatic rings. The van der Waals surface area contributed by atoms with Crippen LogP contribution in [0.25, 0.3) is 17.1 Å². The summed E-state index contributed by atoms with van der Waals surface area (Å²) in [6.45, 7) is -0.00561. The summed E-state index contributed by atoms with van der Waals surface area (Å²) in [6, 6.07) is 14.0. The third kappa shape index (κ3) is 4.14. The number of imidazole rings is 1. The number of benzene rings is 2. The van der Waals surface area contributed by atoms with E-state index in [4.69, 9.17) is 10.00 Å². The van der Waals surface area contributed by atoms with Crippen molar-refractivity contribution in [3.8, 4) is 11.8 Å². The summed E-state index contributed by atoms with van der Waals surface area (Å²) in [5.74, 6) is 0.305. The molecule has 0 unspecified atom stereocenters. The number of aromatic amines is 2. The summed E-state index contributed by atoms with van der Waals surface area (Å²) in [4.78, 5) is 28.5. The second-order valence-corrected chi connectivity index (χ2v) is 5.18. The van der Waals surface area contributed by atoms with Gasteiger partial charge in [-0.05, 0) is 42.0 Å². The smallest absolute Gasteiger partial charge is 0.323 e. The number of ether oxygens (including phenoxy) is 1. The summed E-state index contributed by atoms with van der Waals surface area (Å²) < 4.78 is 5.16. The molecule has 0 aliphatic carbocycles. The van der Waals surface area contributed by atoms with Crippen molar-refractivity contribution in [1.82, 2.24) is 9.97 Å². The number of anilines is 1. The molecule has 7 heteroatoms. The number of nitriles is 1. The molecular formula is C18H14N4O3. The van der Waals surface area contributed by atoms with Crippen LogP contribution in [-0.4, -0.2) is 22.5 Å². The Kier molecular flexibility index (Phi) is 4.62. The lowest BCUT2D eigenvalue weighted by Crippen LogP contribution is -2.07. The Morgan fingerprint density at radius 3 is 2.68 bits per heavy atom. The molecule has 0 bridgehead atoms. The van der Waals surface area contributed by atoms with Gasteiger partial charge in [-0.2, -0.15) is 5.26 Å². The van der Waals surface area contributed by atoms with E-state index in [2.05, 4.69) is 15.3 Å². The number of hydrogen-bond acceptors (Lipinski definition) is 4. The molecule has 124 valence electrons. The SMILES string of the molecule is N#CCOc1ccc(/C=C/C(=O)Nc2ccc3[nH]c(=O)[nH]c3c2)cc1. The van der Waals surface area contributed by atoms with Crippen LogP contribution < -0.4 is 15.7 Å². The molecular weight excluding hydrogens is 320 g/mol. The van der Waals surface area contributed by atoms with Crippen LogP contribution in [0.2, 0.25) is 0 Å². The van der Waals surface area contributed by atoms with Gasteiger partial charge >= 0.3 is 5.69 Å². The average Bonchev–Trinajstić information content (AvgIpc) is 2.98. The minimum atomic E-state index is -0.291. The highest BCUT2D eigenvalue weighted by Gasteiger charge is 2.02. The van der Waals surface area contributed by atoms with Gasteiger partial charge in [0.05, 0.1) is 11.0 Å². The third-order valence-corrected chi connectivity index (χ3v) is 3.39. The molecule has 0 radical (unpaired) electrons. The Balaban J connectivity index is 1.63. The van der Waals surface area contributed by atoms with E-state index in [1.807, 2.05) is 6.07 Å². The zero-order valence-electron chi connectivity index (χ0n) is 13.1. The van der Waals surface area contributed by atoms with Crippen molar-refractivity contribution < 1.29 is 9.53 Å². The first-order valence-corrected chi connectivity index (χ1v) is 7.45. The minimum Gasteiger partial charge on any atom is -0.479 e. The molecule has 0 saturated carbocycles. The highest BCUT2D eigenvalue weighted by Crippen LogP contribution is 2.15. The Morgan fingerprint density at radius 1 is 1.16 bits per heavy atom. The highest BCUT2D eigenvalue weighted by atomic mass is 16.5. The molecule has 1 heterocycles. The molecule has 2 aromatic carbocycles. The largest absolute Gasteiger partial charge is 0.479 e. The number of nitrogens with zero attached hydrogens (tertiary/aromatic N) is 1. The van der Waals surface area contributed by atoms with Gasteiger partial charge in [-0.3, -0.25) is 4.79 Å². The molecule has 0 fully saturated rings. The predicted molar refractivity (Wildman–Crippen MR) is 94.1 cm³/mol. The average molecular weight is 334 g/mol. The Bertz CT molecular complexity index is 1020. The first-order valence-electron chi connectivity index (χ1n) is 7.45. The highest BCUT2D eigenvalue weighted by molar-refractivity contribution is 6.02. The number of fused-ring (bicyclic) bond motifs is 1. The second-order valence-electron chi connectivity index (χ2n) is 5.18. The van der Waals surface area contributed by atoms with Crippen LogP contribution in [-0.2, 0) is 4.79 Å². The van der Waals surface area contributed by atoms with E-state index in [1.165, 1.54) is 6.08 Å². The number of H-pyrrole nitrogens is 2. The standard InChI is InChI=1S/C18H14N4O3/c19-9-10-25-14-5-1-12(2-6-14)3-8-17(23)20-13-4-7-15-16(11-13)22-18(24)21-15/h1-8,11H,10H2,(H,20,23)(H2,21,22,24)/b8-3+. The van der Waals surface area contributed by atoms with Gasteiger partial charge in [0, 0.05) is 11.8 Å². The Hall–Kier alpha value is -3.79. The van der Waals surface area contributed by atoms with E-state index >= 15 is 0 Å². The van der Waals surface area contributed by atoms with Crippen molar-refractivity contribution in [3.63, 3.8) is 0 Å². The first kappa shape index (κ1) is 16.1. The summed E-state index contributed by atoms with van der Waals surface area (Å²) in [6.07, 6.45) is 3.08. The minimum absolute atomic E-state index is 0.00561. The lowest BCUT2D eigenvalue weighted by molar-refractivity contribution is -0.111. The summed E-state index contributed by atoms with van der Waals surface area (Å²) in [7, 11) is 0. The van der Waals surface area contributed by atoms with E-state index in [0.717, 1.165) is 5.56 Å². The summed E-state index contributed by atoms with van der Waals surface area (Å²) >= 11 is 0. The monoisotopic (exact) mass is 334 g/mol. The fourth-order valence-corrected chi connectivity index (χ4v) is 2.26. The van der Waals surface area contributed by atoms with Crippen molar-refractivity contribution in [3.05, 3.63) is 64.6 Å². The lowest BCUT2D eigenvalue weighted by atomic mass is 10.2. The van der Waals surface area contributed by atoms with Crippen molar-refractivity contribution >= 4 is 28.7 Å². The van der Waals surface area contributed by atoms with Gasteiger partial charge in [0.1, 0.15) is 11.8 Å². The van der Waals surface area contributed by atoms with Crippen molar-refractivity contribution in [2.24, 2.45) is 0 Å². The van der Waals surface area contributed by atoms with Gasteiger partial charge < -0.3 is 20.0 Å². The maximum absolute atomic E-state index is 12.0. The lowest BCUT2D eigenvalue weighted by Gasteiger charge is -2.02. The molecule has 1 amide bonds. The topological polar surface area (TPSA) is 111 Å². The number of carbonyl (C=O) groups excluding carboxylic acids is 1. The molecule has 7 nitrogen and oxygen atoms in total. The quantitative estimate of drug-likeness (QED) is 0.622. The maximum atomic E-state index is 12.0. The van der Waals surface area contributed by atoms with E-state index in [1.54, 1.807) is 48.5 Å².